The van der Waals surface area contributed by atoms with Crippen molar-refractivity contribution in [3.63, 3.8) is 0 Å². The second kappa shape index (κ2) is 8.37. The number of fused-ring (bicyclic) bond motifs is 2. The van der Waals surface area contributed by atoms with Crippen molar-refractivity contribution in [3.05, 3.63) is 53.2 Å². The number of para-hydroxylation sites is 1. The van der Waals surface area contributed by atoms with Crippen molar-refractivity contribution in [2.45, 2.75) is 32.2 Å². The van der Waals surface area contributed by atoms with Crippen LogP contribution < -0.4 is 21.3 Å². The van der Waals surface area contributed by atoms with Crippen LogP contribution in [-0.4, -0.2) is 31.8 Å². The molecule has 0 saturated heterocycles. The van der Waals surface area contributed by atoms with Gasteiger partial charge in [-0.1, -0.05) is 6.07 Å². The predicted molar refractivity (Wildman–Crippen MR) is 121 cm³/mol. The first-order chi connectivity index (χ1) is 14.9. The topological polar surface area (TPSA) is 82.8 Å². The molecule has 4 N–H and O–H groups in total. The summed E-state index contributed by atoms with van der Waals surface area (Å²) in [5, 5.41) is 6.16. The number of carbonyl (C=O) groups is 1. The standard InChI is InChI=1S/C23H25F2N5O/c1-13-23(31)29-18-6-3-7-19(21(18)28-13)30-8-4-5-14-9-16(15(11-26)12-27-2)17(22(24)25)10-20(14)30/h3,6-7,9-13,22,28H,4-5,8,26H2,1-2H3,(H,29,31)/b15-11+,27-12?/t13-/m1/s1. The van der Waals surface area contributed by atoms with Gasteiger partial charge in [0, 0.05) is 42.8 Å². The van der Waals surface area contributed by atoms with Crippen LogP contribution in [0, 0.1) is 0 Å². The number of benzene rings is 2. The van der Waals surface area contributed by atoms with Gasteiger partial charge >= 0.3 is 0 Å². The zero-order valence-electron chi connectivity index (χ0n) is 17.5. The number of halogens is 2. The number of anilines is 4. The fourth-order valence-electron chi connectivity index (χ4n) is 4.21. The first-order valence-electron chi connectivity index (χ1n) is 10.2. The third-order valence-corrected chi connectivity index (χ3v) is 5.71. The fourth-order valence-corrected chi connectivity index (χ4v) is 4.21. The molecule has 1 atom stereocenters. The number of nitrogens with zero attached hydrogens (tertiary/aromatic N) is 2. The Bertz CT molecular complexity index is 1080. The first-order valence-corrected chi connectivity index (χ1v) is 10.2. The molecule has 2 heterocycles. The highest BCUT2D eigenvalue weighted by molar-refractivity contribution is 6.10. The minimum atomic E-state index is -2.66. The summed E-state index contributed by atoms with van der Waals surface area (Å²) in [7, 11) is 1.58. The molecule has 0 bridgehead atoms. The Morgan fingerprint density at radius 3 is 2.84 bits per heavy atom. The summed E-state index contributed by atoms with van der Waals surface area (Å²) in [5.74, 6) is -0.105. The predicted octanol–water partition coefficient (Wildman–Crippen LogP) is 4.46. The van der Waals surface area contributed by atoms with E-state index in [0.29, 0.717) is 23.4 Å². The van der Waals surface area contributed by atoms with E-state index in [1.807, 2.05) is 23.1 Å². The molecular formula is C23H25F2N5O. The highest BCUT2D eigenvalue weighted by Crippen LogP contribution is 2.44. The van der Waals surface area contributed by atoms with Crippen molar-refractivity contribution in [2.75, 3.05) is 29.1 Å². The SMILES string of the molecule is CN=C/C(=C\N)c1cc2c(cc1C(F)F)N(c1cccc3c1N[C@H](C)C(=O)N3)CCC2. The summed E-state index contributed by atoms with van der Waals surface area (Å²) in [5.41, 5.74) is 10.5. The Kier molecular flexibility index (Phi) is 5.63. The third-order valence-electron chi connectivity index (χ3n) is 5.71. The number of rotatable bonds is 4. The van der Waals surface area contributed by atoms with Crippen LogP contribution in [0.1, 0.15) is 36.5 Å². The van der Waals surface area contributed by atoms with Crippen molar-refractivity contribution >= 4 is 40.4 Å². The van der Waals surface area contributed by atoms with Gasteiger partial charge in [-0.05, 0) is 55.2 Å². The maximum Gasteiger partial charge on any atom is 0.264 e. The molecule has 0 fully saturated rings. The number of allylic oxidation sites excluding steroid dienone is 1. The Morgan fingerprint density at radius 2 is 2.13 bits per heavy atom. The van der Waals surface area contributed by atoms with Crippen LogP contribution in [0.25, 0.3) is 5.57 Å². The van der Waals surface area contributed by atoms with E-state index in [1.165, 1.54) is 12.4 Å². The van der Waals surface area contributed by atoms with Gasteiger partial charge < -0.3 is 21.3 Å². The second-order valence-corrected chi connectivity index (χ2v) is 7.69. The van der Waals surface area contributed by atoms with Gasteiger partial charge in [0.1, 0.15) is 6.04 Å². The minimum absolute atomic E-state index is 0.0818. The van der Waals surface area contributed by atoms with Crippen molar-refractivity contribution < 1.29 is 13.6 Å². The summed E-state index contributed by atoms with van der Waals surface area (Å²) in [6.07, 6.45) is 1.79. The van der Waals surface area contributed by atoms with Gasteiger partial charge in [-0.3, -0.25) is 9.79 Å². The summed E-state index contributed by atoms with van der Waals surface area (Å²) >= 11 is 0. The lowest BCUT2D eigenvalue weighted by atomic mass is 9.92. The Balaban J connectivity index is 1.86. The number of amides is 1. The summed E-state index contributed by atoms with van der Waals surface area (Å²) in [6, 6.07) is 8.60. The third kappa shape index (κ3) is 3.73. The highest BCUT2D eigenvalue weighted by atomic mass is 19.3. The van der Waals surface area contributed by atoms with Crippen molar-refractivity contribution in [2.24, 2.45) is 10.7 Å². The van der Waals surface area contributed by atoms with Crippen LogP contribution >= 0.6 is 0 Å². The van der Waals surface area contributed by atoms with Crippen LogP contribution in [0.2, 0.25) is 0 Å². The quantitative estimate of drug-likeness (QED) is 0.632. The number of aryl methyl sites for hydroxylation is 1. The van der Waals surface area contributed by atoms with Gasteiger partial charge in [0.2, 0.25) is 5.91 Å². The normalized spacial score (nSPS) is 18.6. The molecule has 162 valence electrons. The lowest BCUT2D eigenvalue weighted by molar-refractivity contribution is -0.116. The van der Waals surface area contributed by atoms with E-state index in [4.69, 9.17) is 5.73 Å². The molecule has 31 heavy (non-hydrogen) atoms. The van der Waals surface area contributed by atoms with E-state index >= 15 is 0 Å². The van der Waals surface area contributed by atoms with Crippen LogP contribution in [0.15, 0.2) is 41.5 Å². The molecule has 2 aliphatic heterocycles. The molecule has 2 aromatic rings. The zero-order valence-corrected chi connectivity index (χ0v) is 17.5. The van der Waals surface area contributed by atoms with Crippen molar-refractivity contribution in [1.29, 1.82) is 0 Å². The number of nitrogens with one attached hydrogen (secondary N) is 2. The Hall–Kier alpha value is -3.42. The zero-order chi connectivity index (χ0) is 22.1. The van der Waals surface area contributed by atoms with Crippen LogP contribution in [0.5, 0.6) is 0 Å². The molecule has 4 rings (SSSR count). The molecule has 8 heteroatoms. The van der Waals surface area contributed by atoms with Gasteiger partial charge in [0.15, 0.2) is 0 Å². The monoisotopic (exact) mass is 425 g/mol. The summed E-state index contributed by atoms with van der Waals surface area (Å²) in [4.78, 5) is 18.0. The number of nitrogens with two attached hydrogens (primary N) is 1. The highest BCUT2D eigenvalue weighted by Gasteiger charge is 2.29. The van der Waals surface area contributed by atoms with Gasteiger partial charge in [0.25, 0.3) is 6.43 Å². The maximum atomic E-state index is 14.0. The number of alkyl halides is 2. The lowest BCUT2D eigenvalue weighted by Crippen LogP contribution is -2.37. The number of hydrogen-bond acceptors (Lipinski definition) is 5. The molecule has 0 aliphatic carbocycles. The summed E-state index contributed by atoms with van der Waals surface area (Å²) < 4.78 is 28.1. The molecular weight excluding hydrogens is 400 g/mol. The second-order valence-electron chi connectivity index (χ2n) is 7.69. The number of hydrogen-bond donors (Lipinski definition) is 3. The van der Waals surface area contributed by atoms with Gasteiger partial charge in [-0.2, -0.15) is 0 Å². The van der Waals surface area contributed by atoms with Crippen LogP contribution in [0.4, 0.5) is 31.5 Å². The van der Waals surface area contributed by atoms with E-state index in [2.05, 4.69) is 15.6 Å². The molecule has 0 aromatic heterocycles. The molecule has 2 aliphatic rings. The molecule has 0 unspecified atom stereocenters. The van der Waals surface area contributed by atoms with Crippen molar-refractivity contribution in [1.82, 2.24) is 0 Å². The first kappa shape index (κ1) is 20.8. The van der Waals surface area contributed by atoms with E-state index < -0.39 is 6.43 Å². The number of aliphatic imine (C=N–C) groups is 1. The van der Waals surface area contributed by atoms with Crippen molar-refractivity contribution in [3.8, 4) is 0 Å². The smallest absolute Gasteiger partial charge is 0.264 e. The molecule has 1 amide bonds. The minimum Gasteiger partial charge on any atom is -0.404 e. The molecule has 0 spiro atoms. The van der Waals surface area contributed by atoms with E-state index in [1.54, 1.807) is 26.1 Å². The van der Waals surface area contributed by atoms with Gasteiger partial charge in [-0.15, -0.1) is 0 Å². The average molecular weight is 425 g/mol. The maximum absolute atomic E-state index is 14.0. The van der Waals surface area contributed by atoms with Crippen LogP contribution in [0.3, 0.4) is 0 Å². The molecule has 0 radical (unpaired) electrons. The lowest BCUT2D eigenvalue weighted by Gasteiger charge is -2.36. The Morgan fingerprint density at radius 1 is 1.32 bits per heavy atom. The average Bonchev–Trinajstić information content (AvgIpc) is 2.76. The van der Waals surface area contributed by atoms with Gasteiger partial charge in [0.05, 0.1) is 17.1 Å². The van der Waals surface area contributed by atoms with E-state index in [9.17, 15) is 13.6 Å². The van der Waals surface area contributed by atoms with E-state index in [0.717, 1.165) is 35.5 Å². The largest absolute Gasteiger partial charge is 0.404 e. The number of carbonyl (C=O) groups excluding carboxylic acids is 1. The fraction of sp³-hybridized carbons (Fsp3) is 0.304. The van der Waals surface area contributed by atoms with E-state index in [-0.39, 0.29) is 17.5 Å². The molecule has 2 aromatic carbocycles. The van der Waals surface area contributed by atoms with Crippen LogP contribution in [-0.2, 0) is 11.2 Å². The van der Waals surface area contributed by atoms with Gasteiger partial charge in [-0.25, -0.2) is 8.78 Å². The summed E-state index contributed by atoms with van der Waals surface area (Å²) in [6.45, 7) is 2.47. The molecule has 6 nitrogen and oxygen atoms in total. The Labute approximate surface area is 179 Å². The molecule has 0 saturated carbocycles.